The second kappa shape index (κ2) is 9.80. The molecule has 0 bridgehead atoms. The van der Waals surface area contributed by atoms with E-state index in [1.165, 1.54) is 12.1 Å². The Hall–Kier alpha value is -4.27. The molecule has 1 atom stereocenters. The number of benzene rings is 2. The maximum Gasteiger partial charge on any atom is 0.418 e. The predicted molar refractivity (Wildman–Crippen MR) is 141 cm³/mol. The van der Waals surface area contributed by atoms with Crippen molar-refractivity contribution in [1.82, 2.24) is 14.8 Å². The number of nitrogen functional groups attached to an aromatic ring is 1. The van der Waals surface area contributed by atoms with Crippen molar-refractivity contribution < 1.29 is 23.5 Å². The summed E-state index contributed by atoms with van der Waals surface area (Å²) in [5, 5.41) is 0. The number of imide groups is 1. The molecule has 0 radical (unpaired) electrons. The Bertz CT molecular complexity index is 1440. The van der Waals surface area contributed by atoms with Crippen LogP contribution in [0, 0.1) is 11.7 Å². The Labute approximate surface area is 225 Å². The maximum absolute atomic E-state index is 13.7. The quantitative estimate of drug-likeness (QED) is 0.464. The molecule has 2 fully saturated rings. The van der Waals surface area contributed by atoms with E-state index in [9.17, 15) is 18.8 Å². The summed E-state index contributed by atoms with van der Waals surface area (Å²) in [4.78, 5) is 46.8. The molecule has 39 heavy (non-hydrogen) atoms. The first-order valence-electron chi connectivity index (χ1n) is 13.2. The van der Waals surface area contributed by atoms with Gasteiger partial charge in [0.15, 0.2) is 0 Å². The second-order valence-corrected chi connectivity index (χ2v) is 10.6. The highest BCUT2D eigenvalue weighted by atomic mass is 19.1. The highest BCUT2D eigenvalue weighted by Crippen LogP contribution is 2.46. The third-order valence-corrected chi connectivity index (χ3v) is 7.92. The van der Waals surface area contributed by atoms with Crippen molar-refractivity contribution in [3.63, 3.8) is 0 Å². The third-order valence-electron chi connectivity index (χ3n) is 7.92. The number of halogens is 1. The smallest absolute Gasteiger partial charge is 0.418 e. The number of nitrogens with two attached hydrogens (primary N) is 1. The Balaban J connectivity index is 1.20. The van der Waals surface area contributed by atoms with Crippen LogP contribution >= 0.6 is 0 Å². The molecule has 9 heteroatoms. The van der Waals surface area contributed by atoms with Crippen LogP contribution in [0.3, 0.4) is 0 Å². The van der Waals surface area contributed by atoms with Crippen LogP contribution in [0.2, 0.25) is 0 Å². The molecular formula is C30H29FN4O4. The summed E-state index contributed by atoms with van der Waals surface area (Å²) in [7, 11) is 0. The highest BCUT2D eigenvalue weighted by molar-refractivity contribution is 6.06. The van der Waals surface area contributed by atoms with Gasteiger partial charge in [-0.05, 0) is 59.7 Å². The van der Waals surface area contributed by atoms with Crippen molar-refractivity contribution in [2.75, 3.05) is 18.8 Å². The summed E-state index contributed by atoms with van der Waals surface area (Å²) < 4.78 is 19.1. The van der Waals surface area contributed by atoms with Crippen molar-refractivity contribution in [1.29, 1.82) is 0 Å². The van der Waals surface area contributed by atoms with Crippen LogP contribution in [0.25, 0.3) is 11.1 Å². The number of aryl methyl sites for hydroxylation is 1. The van der Waals surface area contributed by atoms with E-state index in [1.807, 2.05) is 24.3 Å². The molecule has 2 heterocycles. The molecule has 1 saturated heterocycles. The van der Waals surface area contributed by atoms with Crippen molar-refractivity contribution in [2.24, 2.45) is 5.92 Å². The largest absolute Gasteiger partial charge is 0.427 e. The molecule has 1 saturated carbocycles. The first-order valence-corrected chi connectivity index (χ1v) is 13.2. The van der Waals surface area contributed by atoms with Gasteiger partial charge in [0.25, 0.3) is 5.91 Å². The minimum atomic E-state index is -1.42. The molecular weight excluding hydrogens is 499 g/mol. The van der Waals surface area contributed by atoms with Crippen LogP contribution < -0.4 is 5.73 Å². The number of rotatable bonds is 8. The molecule has 3 aliphatic rings. The summed E-state index contributed by atoms with van der Waals surface area (Å²) in [6.45, 7) is 0.393. The fourth-order valence-corrected chi connectivity index (χ4v) is 5.49. The number of carbonyl (C=O) groups excluding carboxylic acids is 3. The van der Waals surface area contributed by atoms with Gasteiger partial charge in [0.05, 0.1) is 0 Å². The van der Waals surface area contributed by atoms with Gasteiger partial charge in [0, 0.05) is 36.8 Å². The molecule has 0 unspecified atom stereocenters. The van der Waals surface area contributed by atoms with Gasteiger partial charge in [-0.1, -0.05) is 43.2 Å². The minimum absolute atomic E-state index is 0.277. The molecule has 1 aromatic heterocycles. The average Bonchev–Trinajstić information content (AvgIpc) is 3.65. The molecule has 1 aliphatic heterocycles. The number of ether oxygens (including phenoxy) is 1. The van der Waals surface area contributed by atoms with E-state index in [2.05, 4.69) is 4.98 Å². The van der Waals surface area contributed by atoms with Gasteiger partial charge in [0.2, 0.25) is 11.5 Å². The number of nitrogens with zero attached hydrogens (tertiary/aromatic N) is 3. The second-order valence-electron chi connectivity index (χ2n) is 10.6. The summed E-state index contributed by atoms with van der Waals surface area (Å²) >= 11 is 0. The number of hydrogen-bond donors (Lipinski definition) is 1. The van der Waals surface area contributed by atoms with E-state index in [1.54, 1.807) is 29.3 Å². The van der Waals surface area contributed by atoms with Gasteiger partial charge in [0.1, 0.15) is 18.2 Å². The van der Waals surface area contributed by atoms with Crippen LogP contribution in [0.1, 0.15) is 42.4 Å². The lowest BCUT2D eigenvalue weighted by Gasteiger charge is -2.25. The third kappa shape index (κ3) is 4.84. The fourth-order valence-electron chi connectivity index (χ4n) is 5.49. The number of anilines is 1. The van der Waals surface area contributed by atoms with Gasteiger partial charge in [-0.25, -0.2) is 19.1 Å². The van der Waals surface area contributed by atoms with E-state index in [4.69, 9.17) is 10.5 Å². The lowest BCUT2D eigenvalue weighted by Crippen LogP contribution is -2.44. The predicted octanol–water partition coefficient (Wildman–Crippen LogP) is 4.42. The Kier molecular flexibility index (Phi) is 6.29. The maximum atomic E-state index is 13.7. The van der Waals surface area contributed by atoms with E-state index >= 15 is 0 Å². The standard InChI is InChI=1S/C30H29FN4O4/c31-24-7-3-20(4-8-24)17-34(14-12-19-1-2-19)27(36)18-35-28(37)30(39-29(35)38)13-11-22-15-21(5-9-25(22)30)23-6-10-26(32)33-16-23/h3-10,15-16,19H,1-2,11-14,17-18H2,(H2,32,33)/t30-/m1/s1. The average molecular weight is 529 g/mol. The zero-order chi connectivity index (χ0) is 27.1. The molecule has 2 N–H and O–H groups in total. The molecule has 3 aromatic rings. The summed E-state index contributed by atoms with van der Waals surface area (Å²) in [6, 6.07) is 15.3. The molecule has 2 aliphatic carbocycles. The fraction of sp³-hybridized carbons (Fsp3) is 0.333. The molecule has 8 nitrogen and oxygen atoms in total. The summed E-state index contributed by atoms with van der Waals surface area (Å²) in [5.41, 5.74) is 8.45. The normalized spacial score (nSPS) is 19.9. The monoisotopic (exact) mass is 528 g/mol. The van der Waals surface area contributed by atoms with Crippen molar-refractivity contribution in [3.05, 3.63) is 83.3 Å². The zero-order valence-electron chi connectivity index (χ0n) is 21.4. The number of aromatic nitrogens is 1. The Morgan fingerprint density at radius 3 is 2.59 bits per heavy atom. The van der Waals surface area contributed by atoms with E-state index in [-0.39, 0.29) is 18.3 Å². The number of fused-ring (bicyclic) bond motifs is 2. The highest BCUT2D eigenvalue weighted by Gasteiger charge is 2.58. The zero-order valence-corrected chi connectivity index (χ0v) is 21.4. The van der Waals surface area contributed by atoms with E-state index in [0.717, 1.165) is 46.4 Å². The van der Waals surface area contributed by atoms with Crippen LogP contribution in [0.4, 0.5) is 15.0 Å². The van der Waals surface area contributed by atoms with Gasteiger partial charge < -0.3 is 15.4 Å². The van der Waals surface area contributed by atoms with E-state index in [0.29, 0.717) is 36.7 Å². The first-order chi connectivity index (χ1) is 18.8. The molecule has 200 valence electrons. The van der Waals surface area contributed by atoms with Gasteiger partial charge in [-0.3, -0.25) is 9.59 Å². The van der Waals surface area contributed by atoms with Crippen LogP contribution in [0.5, 0.6) is 0 Å². The number of pyridine rings is 1. The molecule has 1 spiro atoms. The molecule has 6 rings (SSSR count). The van der Waals surface area contributed by atoms with Crippen LogP contribution in [-0.2, 0) is 32.9 Å². The van der Waals surface area contributed by atoms with Crippen LogP contribution in [0.15, 0.2) is 60.8 Å². The summed E-state index contributed by atoms with van der Waals surface area (Å²) in [5.74, 6) is -0.170. The molecule has 2 aromatic carbocycles. The van der Waals surface area contributed by atoms with Gasteiger partial charge in [-0.2, -0.15) is 0 Å². The lowest BCUT2D eigenvalue weighted by molar-refractivity contribution is -0.142. The minimum Gasteiger partial charge on any atom is -0.427 e. The SMILES string of the molecule is Nc1ccc(-c2ccc3c(c2)CC[C@@]32OC(=O)N(CC(=O)N(CCC3CC3)Cc3ccc(F)cc3)C2=O)cn1. The van der Waals surface area contributed by atoms with Gasteiger partial charge in [-0.15, -0.1) is 0 Å². The number of carbonyl (C=O) groups is 3. The van der Waals surface area contributed by atoms with Gasteiger partial charge >= 0.3 is 6.09 Å². The van der Waals surface area contributed by atoms with Crippen molar-refractivity contribution in [3.8, 4) is 11.1 Å². The van der Waals surface area contributed by atoms with Crippen molar-refractivity contribution >= 4 is 23.7 Å². The topological polar surface area (TPSA) is 106 Å². The Morgan fingerprint density at radius 2 is 1.87 bits per heavy atom. The first kappa shape index (κ1) is 25.0. The summed E-state index contributed by atoms with van der Waals surface area (Å²) in [6.07, 6.45) is 4.91. The number of hydrogen-bond acceptors (Lipinski definition) is 6. The number of amides is 3. The van der Waals surface area contributed by atoms with Crippen LogP contribution in [-0.4, -0.2) is 45.8 Å². The lowest BCUT2D eigenvalue weighted by atomic mass is 9.93. The van der Waals surface area contributed by atoms with Crippen molar-refractivity contribution in [2.45, 2.75) is 44.2 Å². The molecule has 3 amide bonds. The van der Waals surface area contributed by atoms with E-state index < -0.39 is 24.1 Å². The Morgan fingerprint density at radius 1 is 1.10 bits per heavy atom.